The van der Waals surface area contributed by atoms with Crippen molar-refractivity contribution >= 4 is 22.6 Å². The van der Waals surface area contributed by atoms with Gasteiger partial charge in [-0.25, -0.2) is 0 Å². The van der Waals surface area contributed by atoms with E-state index in [9.17, 15) is 0 Å². The molecular formula is C8H7IN4. The van der Waals surface area contributed by atoms with Gasteiger partial charge in [-0.05, 0) is 39.9 Å². The van der Waals surface area contributed by atoms with Crippen molar-refractivity contribution in [2.45, 2.75) is 0 Å². The third-order valence-corrected chi connectivity index (χ3v) is 2.33. The smallest absolute Gasteiger partial charge is 0.167 e. The van der Waals surface area contributed by atoms with E-state index in [0.29, 0.717) is 5.82 Å². The van der Waals surface area contributed by atoms with Crippen LogP contribution in [-0.4, -0.2) is 20.2 Å². The average molecular weight is 286 g/mol. The van der Waals surface area contributed by atoms with Crippen LogP contribution >= 0.6 is 22.6 Å². The van der Waals surface area contributed by atoms with Gasteiger partial charge in [-0.3, -0.25) is 0 Å². The van der Waals surface area contributed by atoms with Gasteiger partial charge < -0.3 is 0 Å². The van der Waals surface area contributed by atoms with Gasteiger partial charge in [0.2, 0.25) is 5.82 Å². The summed E-state index contributed by atoms with van der Waals surface area (Å²) in [5.74, 6) is 0.666. The molecule has 0 spiro atoms. The van der Waals surface area contributed by atoms with Gasteiger partial charge in [0.1, 0.15) is 0 Å². The number of aryl methyl sites for hydroxylation is 1. The number of benzene rings is 1. The molecule has 1 aromatic carbocycles. The second-order valence-electron chi connectivity index (χ2n) is 2.61. The Balaban J connectivity index is 2.41. The molecule has 0 saturated carbocycles. The van der Waals surface area contributed by atoms with Crippen LogP contribution in [-0.2, 0) is 7.05 Å². The number of rotatable bonds is 1. The van der Waals surface area contributed by atoms with E-state index in [2.05, 4.69) is 38.0 Å². The summed E-state index contributed by atoms with van der Waals surface area (Å²) in [4.78, 5) is 1.45. The van der Waals surface area contributed by atoms with Crippen molar-refractivity contribution in [2.24, 2.45) is 7.05 Å². The first kappa shape index (κ1) is 8.61. The third kappa shape index (κ3) is 1.85. The Labute approximate surface area is 89.1 Å². The van der Waals surface area contributed by atoms with Crippen LogP contribution in [0.25, 0.3) is 11.4 Å². The van der Waals surface area contributed by atoms with Gasteiger partial charge >= 0.3 is 0 Å². The molecule has 13 heavy (non-hydrogen) atoms. The van der Waals surface area contributed by atoms with Crippen LogP contribution in [0.4, 0.5) is 0 Å². The second-order valence-corrected chi connectivity index (χ2v) is 3.86. The Kier molecular flexibility index (Phi) is 2.26. The molecule has 0 amide bonds. The summed E-state index contributed by atoms with van der Waals surface area (Å²) < 4.78 is 1.20. The van der Waals surface area contributed by atoms with Gasteiger partial charge in [-0.2, -0.15) is 4.80 Å². The highest BCUT2D eigenvalue weighted by atomic mass is 127. The van der Waals surface area contributed by atoms with Crippen molar-refractivity contribution in [3.05, 3.63) is 27.8 Å². The van der Waals surface area contributed by atoms with Crippen LogP contribution in [0.2, 0.25) is 0 Å². The fourth-order valence-electron chi connectivity index (χ4n) is 0.999. The summed E-state index contributed by atoms with van der Waals surface area (Å²) >= 11 is 2.26. The molecule has 0 unspecified atom stereocenters. The zero-order valence-corrected chi connectivity index (χ0v) is 9.13. The predicted octanol–water partition coefficient (Wildman–Crippen LogP) is 1.48. The molecule has 0 atom stereocenters. The van der Waals surface area contributed by atoms with E-state index < -0.39 is 0 Å². The monoisotopic (exact) mass is 286 g/mol. The summed E-state index contributed by atoms with van der Waals surface area (Å²) in [6, 6.07) is 8.01. The molecule has 0 radical (unpaired) electrons. The Morgan fingerprint density at radius 1 is 1.23 bits per heavy atom. The molecule has 0 aliphatic heterocycles. The SMILES string of the molecule is Cn1nnc(-c2ccc(I)cc2)n1. The first-order chi connectivity index (χ1) is 6.25. The molecular weight excluding hydrogens is 279 g/mol. The molecule has 0 saturated heterocycles. The summed E-state index contributed by atoms with van der Waals surface area (Å²) in [6.07, 6.45) is 0. The molecule has 0 aliphatic carbocycles. The lowest BCUT2D eigenvalue weighted by atomic mass is 10.2. The molecule has 1 heterocycles. The molecule has 0 N–H and O–H groups in total. The van der Waals surface area contributed by atoms with Gasteiger partial charge in [0.05, 0.1) is 7.05 Å². The molecule has 2 aromatic rings. The van der Waals surface area contributed by atoms with Crippen LogP contribution in [0, 0.1) is 3.57 Å². The summed E-state index contributed by atoms with van der Waals surface area (Å²) in [6.45, 7) is 0. The number of tetrazole rings is 1. The molecule has 0 aliphatic rings. The van der Waals surface area contributed by atoms with Crippen molar-refractivity contribution in [3.8, 4) is 11.4 Å². The van der Waals surface area contributed by atoms with Gasteiger partial charge in [0.15, 0.2) is 0 Å². The lowest BCUT2D eigenvalue weighted by Crippen LogP contribution is -1.91. The average Bonchev–Trinajstić information content (AvgIpc) is 2.53. The van der Waals surface area contributed by atoms with E-state index in [1.54, 1.807) is 7.05 Å². The normalized spacial score (nSPS) is 10.3. The summed E-state index contributed by atoms with van der Waals surface area (Å²) in [7, 11) is 1.75. The number of halogens is 1. The van der Waals surface area contributed by atoms with Crippen molar-refractivity contribution in [1.29, 1.82) is 0 Å². The van der Waals surface area contributed by atoms with E-state index in [0.717, 1.165) is 5.56 Å². The Morgan fingerprint density at radius 3 is 2.46 bits per heavy atom. The molecule has 4 nitrogen and oxygen atoms in total. The zero-order valence-electron chi connectivity index (χ0n) is 6.98. The molecule has 0 bridgehead atoms. The van der Waals surface area contributed by atoms with Crippen molar-refractivity contribution in [2.75, 3.05) is 0 Å². The molecule has 1 aromatic heterocycles. The van der Waals surface area contributed by atoms with Crippen LogP contribution in [0.15, 0.2) is 24.3 Å². The first-order valence-corrected chi connectivity index (χ1v) is 4.83. The Morgan fingerprint density at radius 2 is 1.92 bits per heavy atom. The lowest BCUT2D eigenvalue weighted by molar-refractivity contribution is 0.630. The fourth-order valence-corrected chi connectivity index (χ4v) is 1.36. The summed E-state index contributed by atoms with van der Waals surface area (Å²) in [5, 5.41) is 11.8. The van der Waals surface area contributed by atoms with E-state index in [1.807, 2.05) is 24.3 Å². The minimum Gasteiger partial charge on any atom is -0.167 e. The Hall–Kier alpha value is -0.980. The highest BCUT2D eigenvalue weighted by Crippen LogP contribution is 2.14. The maximum atomic E-state index is 4.10. The third-order valence-electron chi connectivity index (χ3n) is 1.61. The lowest BCUT2D eigenvalue weighted by Gasteiger charge is -1.93. The van der Waals surface area contributed by atoms with E-state index in [1.165, 1.54) is 8.37 Å². The first-order valence-electron chi connectivity index (χ1n) is 3.75. The fraction of sp³-hybridized carbons (Fsp3) is 0.125. The number of nitrogens with zero attached hydrogens (tertiary/aromatic N) is 4. The quantitative estimate of drug-likeness (QED) is 0.746. The standard InChI is InChI=1S/C8H7IN4/c1-13-11-8(10-12-13)6-2-4-7(9)5-3-6/h2-5H,1H3. The maximum Gasteiger partial charge on any atom is 0.204 e. The van der Waals surface area contributed by atoms with E-state index in [4.69, 9.17) is 0 Å². The number of hydrogen-bond donors (Lipinski definition) is 0. The Bertz CT molecular complexity index is 406. The molecule has 5 heteroatoms. The molecule has 0 fully saturated rings. The maximum absolute atomic E-state index is 4.10. The number of hydrogen-bond acceptors (Lipinski definition) is 3. The molecule has 2 rings (SSSR count). The summed E-state index contributed by atoms with van der Waals surface area (Å²) in [5.41, 5.74) is 0.994. The van der Waals surface area contributed by atoms with E-state index >= 15 is 0 Å². The van der Waals surface area contributed by atoms with E-state index in [-0.39, 0.29) is 0 Å². The van der Waals surface area contributed by atoms with Crippen molar-refractivity contribution < 1.29 is 0 Å². The topological polar surface area (TPSA) is 43.6 Å². The van der Waals surface area contributed by atoms with Gasteiger partial charge in [0, 0.05) is 9.13 Å². The zero-order chi connectivity index (χ0) is 9.26. The molecule has 66 valence electrons. The minimum atomic E-state index is 0.666. The largest absolute Gasteiger partial charge is 0.204 e. The van der Waals surface area contributed by atoms with Crippen LogP contribution < -0.4 is 0 Å². The van der Waals surface area contributed by atoms with Crippen molar-refractivity contribution in [1.82, 2.24) is 20.2 Å². The van der Waals surface area contributed by atoms with Crippen LogP contribution in [0.3, 0.4) is 0 Å². The van der Waals surface area contributed by atoms with Crippen LogP contribution in [0.5, 0.6) is 0 Å². The number of aromatic nitrogens is 4. The van der Waals surface area contributed by atoms with Gasteiger partial charge in [-0.15, -0.1) is 10.2 Å². The highest BCUT2D eigenvalue weighted by Gasteiger charge is 2.02. The second kappa shape index (κ2) is 3.41. The minimum absolute atomic E-state index is 0.666. The van der Waals surface area contributed by atoms with Crippen molar-refractivity contribution in [3.63, 3.8) is 0 Å². The van der Waals surface area contributed by atoms with Gasteiger partial charge in [-0.1, -0.05) is 12.1 Å². The van der Waals surface area contributed by atoms with Crippen LogP contribution in [0.1, 0.15) is 0 Å². The highest BCUT2D eigenvalue weighted by molar-refractivity contribution is 14.1. The predicted molar refractivity (Wildman–Crippen MR) is 57.0 cm³/mol. The van der Waals surface area contributed by atoms with Gasteiger partial charge in [0.25, 0.3) is 0 Å².